The van der Waals surface area contributed by atoms with Crippen LogP contribution in [0.3, 0.4) is 0 Å². The summed E-state index contributed by atoms with van der Waals surface area (Å²) in [5, 5.41) is 13.0. The predicted octanol–water partition coefficient (Wildman–Crippen LogP) is 3.91. The fraction of sp³-hybridized carbons (Fsp3) is 0.688. The van der Waals surface area contributed by atoms with Crippen molar-refractivity contribution in [2.24, 2.45) is 11.8 Å². The highest BCUT2D eigenvalue weighted by Crippen LogP contribution is 2.35. The highest BCUT2D eigenvalue weighted by Gasteiger charge is 2.32. The number of thiazole rings is 1. The minimum absolute atomic E-state index is 0.548. The molecule has 3 rings (SSSR count). The summed E-state index contributed by atoms with van der Waals surface area (Å²) in [5.41, 5.74) is 0.482. The van der Waals surface area contributed by atoms with E-state index in [1.165, 1.54) is 6.42 Å². The van der Waals surface area contributed by atoms with Crippen LogP contribution in [0.1, 0.15) is 51.6 Å². The molecule has 0 spiro atoms. The quantitative estimate of drug-likeness (QED) is 0.871. The fourth-order valence-corrected chi connectivity index (χ4v) is 4.18. The third kappa shape index (κ3) is 2.91. The first kappa shape index (κ1) is 14.1. The Hall–Kier alpha value is -0.870. The lowest BCUT2D eigenvalue weighted by Gasteiger charge is -2.26. The Bertz CT molecular complexity index is 545. The van der Waals surface area contributed by atoms with E-state index < -0.39 is 5.60 Å². The molecular weight excluding hydrogens is 268 g/mol. The molecule has 3 nitrogen and oxygen atoms in total. The molecule has 2 aromatic heterocycles. The van der Waals surface area contributed by atoms with Crippen LogP contribution in [0.25, 0.3) is 4.96 Å². The zero-order chi connectivity index (χ0) is 14.2. The standard InChI is InChI=1S/C16H24N2OS/c1-12(2)13-4-3-6-16(19,7-5-13)10-14-11-18-8-9-20-15(18)17-14/h8-9,11-13,19H,3-7,10H2,1-2H3. The van der Waals surface area contributed by atoms with Crippen LogP contribution in [0.4, 0.5) is 0 Å². The Kier molecular flexibility index (Phi) is 3.87. The van der Waals surface area contributed by atoms with Crippen LogP contribution in [0.2, 0.25) is 0 Å². The van der Waals surface area contributed by atoms with Crippen LogP contribution in [0.5, 0.6) is 0 Å². The van der Waals surface area contributed by atoms with Gasteiger partial charge in [-0.2, -0.15) is 0 Å². The van der Waals surface area contributed by atoms with Gasteiger partial charge in [0.05, 0.1) is 11.3 Å². The van der Waals surface area contributed by atoms with E-state index in [0.29, 0.717) is 6.42 Å². The van der Waals surface area contributed by atoms with Gasteiger partial charge in [0.15, 0.2) is 4.96 Å². The van der Waals surface area contributed by atoms with E-state index in [0.717, 1.165) is 48.2 Å². The van der Waals surface area contributed by atoms with Crippen LogP contribution in [-0.4, -0.2) is 20.1 Å². The first-order chi connectivity index (χ1) is 9.56. The van der Waals surface area contributed by atoms with Crippen molar-refractivity contribution in [3.05, 3.63) is 23.5 Å². The summed E-state index contributed by atoms with van der Waals surface area (Å²) < 4.78 is 2.05. The number of aromatic nitrogens is 2. The van der Waals surface area contributed by atoms with E-state index >= 15 is 0 Å². The number of hydrogen-bond acceptors (Lipinski definition) is 3. The van der Waals surface area contributed by atoms with Crippen molar-refractivity contribution >= 4 is 16.3 Å². The molecule has 0 aromatic carbocycles. The second-order valence-corrected chi connectivity index (χ2v) is 7.53. The maximum atomic E-state index is 10.9. The maximum Gasteiger partial charge on any atom is 0.193 e. The van der Waals surface area contributed by atoms with Crippen molar-refractivity contribution in [1.82, 2.24) is 9.38 Å². The molecule has 1 aliphatic rings. The van der Waals surface area contributed by atoms with Crippen molar-refractivity contribution in [2.75, 3.05) is 0 Å². The van der Waals surface area contributed by atoms with Crippen molar-refractivity contribution in [1.29, 1.82) is 0 Å². The van der Waals surface area contributed by atoms with Crippen molar-refractivity contribution in [3.8, 4) is 0 Å². The normalized spacial score (nSPS) is 28.1. The van der Waals surface area contributed by atoms with E-state index in [4.69, 9.17) is 0 Å². The first-order valence-electron chi connectivity index (χ1n) is 7.69. The van der Waals surface area contributed by atoms with Gasteiger partial charge >= 0.3 is 0 Å². The second-order valence-electron chi connectivity index (χ2n) is 6.66. The van der Waals surface area contributed by atoms with Crippen LogP contribution in [-0.2, 0) is 6.42 Å². The van der Waals surface area contributed by atoms with Gasteiger partial charge in [0.1, 0.15) is 0 Å². The summed E-state index contributed by atoms with van der Waals surface area (Å²) in [6, 6.07) is 0. The lowest BCUT2D eigenvalue weighted by molar-refractivity contribution is 0.0229. The largest absolute Gasteiger partial charge is 0.389 e. The minimum Gasteiger partial charge on any atom is -0.389 e. The third-order valence-electron chi connectivity index (χ3n) is 4.79. The number of imidazole rings is 1. The Morgan fingerprint density at radius 3 is 3.05 bits per heavy atom. The summed E-state index contributed by atoms with van der Waals surface area (Å²) in [5.74, 6) is 1.50. The molecule has 0 radical (unpaired) electrons. The topological polar surface area (TPSA) is 37.5 Å². The molecule has 2 heterocycles. The van der Waals surface area contributed by atoms with Gasteiger partial charge in [-0.3, -0.25) is 4.40 Å². The lowest BCUT2D eigenvalue weighted by Crippen LogP contribution is -2.31. The average molecular weight is 292 g/mol. The molecule has 20 heavy (non-hydrogen) atoms. The summed E-state index contributed by atoms with van der Waals surface area (Å²) in [7, 11) is 0. The van der Waals surface area contributed by atoms with Gasteiger partial charge in [0, 0.05) is 24.2 Å². The number of nitrogens with zero attached hydrogens (tertiary/aromatic N) is 2. The van der Waals surface area contributed by atoms with Gasteiger partial charge in [0.25, 0.3) is 0 Å². The molecule has 1 aliphatic carbocycles. The second kappa shape index (κ2) is 5.49. The van der Waals surface area contributed by atoms with Crippen LogP contribution in [0, 0.1) is 11.8 Å². The smallest absolute Gasteiger partial charge is 0.193 e. The Balaban J connectivity index is 1.70. The van der Waals surface area contributed by atoms with E-state index in [9.17, 15) is 5.11 Å². The van der Waals surface area contributed by atoms with Crippen LogP contribution in [0.15, 0.2) is 17.8 Å². The molecule has 110 valence electrons. The molecule has 4 heteroatoms. The van der Waals surface area contributed by atoms with Crippen LogP contribution < -0.4 is 0 Å². The first-order valence-corrected chi connectivity index (χ1v) is 8.57. The van der Waals surface area contributed by atoms with E-state index in [2.05, 4.69) is 29.4 Å². The number of aliphatic hydroxyl groups is 1. The van der Waals surface area contributed by atoms with E-state index in [1.807, 2.05) is 11.6 Å². The van der Waals surface area contributed by atoms with E-state index in [-0.39, 0.29) is 0 Å². The van der Waals surface area contributed by atoms with Gasteiger partial charge in [-0.15, -0.1) is 11.3 Å². The van der Waals surface area contributed by atoms with Crippen LogP contribution >= 0.6 is 11.3 Å². The molecular formula is C16H24N2OS. The highest BCUT2D eigenvalue weighted by atomic mass is 32.1. The highest BCUT2D eigenvalue weighted by molar-refractivity contribution is 7.15. The molecule has 2 aromatic rings. The Labute approximate surface area is 124 Å². The fourth-order valence-electron chi connectivity index (χ4n) is 3.46. The maximum absolute atomic E-state index is 10.9. The Morgan fingerprint density at radius 1 is 1.45 bits per heavy atom. The van der Waals surface area contributed by atoms with Gasteiger partial charge in [-0.05, 0) is 31.1 Å². The van der Waals surface area contributed by atoms with Crippen molar-refractivity contribution in [3.63, 3.8) is 0 Å². The molecule has 0 amide bonds. The zero-order valence-electron chi connectivity index (χ0n) is 12.4. The number of rotatable bonds is 3. The van der Waals surface area contributed by atoms with Crippen molar-refractivity contribution < 1.29 is 5.11 Å². The molecule has 0 aliphatic heterocycles. The minimum atomic E-state index is -0.548. The third-order valence-corrected chi connectivity index (χ3v) is 5.56. The average Bonchev–Trinajstić information content (AvgIpc) is 2.87. The van der Waals surface area contributed by atoms with Gasteiger partial charge in [0.2, 0.25) is 0 Å². The molecule has 1 N–H and O–H groups in total. The van der Waals surface area contributed by atoms with Gasteiger partial charge in [-0.1, -0.05) is 26.7 Å². The summed E-state index contributed by atoms with van der Waals surface area (Å²) in [4.78, 5) is 5.64. The molecule has 0 bridgehead atoms. The zero-order valence-corrected chi connectivity index (χ0v) is 13.2. The molecule has 1 fully saturated rings. The van der Waals surface area contributed by atoms with Gasteiger partial charge in [-0.25, -0.2) is 4.98 Å². The monoisotopic (exact) mass is 292 g/mol. The summed E-state index contributed by atoms with van der Waals surface area (Å²) in [6.07, 6.45) is 10.2. The van der Waals surface area contributed by atoms with Crippen molar-refractivity contribution in [2.45, 2.75) is 58.0 Å². The molecule has 1 saturated carbocycles. The summed E-state index contributed by atoms with van der Waals surface area (Å²) >= 11 is 1.65. The SMILES string of the molecule is CC(C)C1CCCC(O)(Cc2cn3ccsc3n2)CC1. The van der Waals surface area contributed by atoms with E-state index in [1.54, 1.807) is 11.3 Å². The molecule has 0 saturated heterocycles. The number of hydrogen-bond donors (Lipinski definition) is 1. The summed E-state index contributed by atoms with van der Waals surface area (Å²) in [6.45, 7) is 4.61. The van der Waals surface area contributed by atoms with Gasteiger partial charge < -0.3 is 5.11 Å². The number of fused-ring (bicyclic) bond motifs is 1. The molecule has 2 unspecified atom stereocenters. The predicted molar refractivity (Wildman–Crippen MR) is 83.1 cm³/mol. The lowest BCUT2D eigenvalue weighted by atomic mass is 9.86. The Morgan fingerprint density at radius 2 is 2.30 bits per heavy atom. The molecule has 2 atom stereocenters.